The lowest BCUT2D eigenvalue weighted by Gasteiger charge is -2.09. The van der Waals surface area contributed by atoms with Gasteiger partial charge in [0.1, 0.15) is 0 Å². The molecule has 0 saturated carbocycles. The Balaban J connectivity index is 2.32. The highest BCUT2D eigenvalue weighted by Gasteiger charge is 2.23. The summed E-state index contributed by atoms with van der Waals surface area (Å²) in [6, 6.07) is 16.5. The molecule has 1 aromatic heterocycles. The first-order chi connectivity index (χ1) is 11.1. The first-order valence-corrected chi connectivity index (χ1v) is 7.51. The van der Waals surface area contributed by atoms with E-state index in [2.05, 4.69) is 5.10 Å². The van der Waals surface area contributed by atoms with Gasteiger partial charge < -0.3 is 0 Å². The Morgan fingerprint density at radius 3 is 2.39 bits per heavy atom. The molecular formula is C18H17N3O2. The van der Waals surface area contributed by atoms with Crippen LogP contribution < -0.4 is 0 Å². The van der Waals surface area contributed by atoms with Crippen LogP contribution in [0.15, 0.2) is 54.6 Å². The van der Waals surface area contributed by atoms with E-state index in [-0.39, 0.29) is 10.6 Å². The molecule has 0 amide bonds. The summed E-state index contributed by atoms with van der Waals surface area (Å²) in [5.74, 6) is 0. The third-order valence-corrected chi connectivity index (χ3v) is 3.91. The highest BCUT2D eigenvalue weighted by Crippen LogP contribution is 2.34. The third kappa shape index (κ3) is 2.61. The molecular weight excluding hydrogens is 290 g/mol. The van der Waals surface area contributed by atoms with Gasteiger partial charge in [0.15, 0.2) is 0 Å². The predicted molar refractivity (Wildman–Crippen MR) is 89.8 cm³/mol. The van der Waals surface area contributed by atoms with Crippen molar-refractivity contribution in [2.24, 2.45) is 0 Å². The maximum absolute atomic E-state index is 11.4. The van der Waals surface area contributed by atoms with Gasteiger partial charge in [-0.3, -0.25) is 10.1 Å². The van der Waals surface area contributed by atoms with Gasteiger partial charge in [-0.1, -0.05) is 37.3 Å². The van der Waals surface area contributed by atoms with E-state index in [9.17, 15) is 10.1 Å². The summed E-state index contributed by atoms with van der Waals surface area (Å²) in [5, 5.41) is 16.1. The van der Waals surface area contributed by atoms with Crippen molar-refractivity contribution in [1.82, 2.24) is 9.78 Å². The van der Waals surface area contributed by atoms with Gasteiger partial charge in [0.25, 0.3) is 5.69 Å². The number of aromatic nitrogens is 2. The van der Waals surface area contributed by atoms with Crippen molar-refractivity contribution in [2.45, 2.75) is 20.3 Å². The summed E-state index contributed by atoms with van der Waals surface area (Å²) in [7, 11) is 0. The Labute approximate surface area is 134 Å². The molecule has 0 spiro atoms. The molecule has 3 rings (SSSR count). The monoisotopic (exact) mass is 307 g/mol. The first-order valence-electron chi connectivity index (χ1n) is 7.51. The minimum Gasteiger partial charge on any atom is -0.258 e. The Morgan fingerprint density at radius 1 is 1.09 bits per heavy atom. The van der Waals surface area contributed by atoms with Crippen molar-refractivity contribution >= 4 is 5.69 Å². The molecule has 2 aromatic carbocycles. The summed E-state index contributed by atoms with van der Waals surface area (Å²) >= 11 is 0. The lowest BCUT2D eigenvalue weighted by Crippen LogP contribution is -2.01. The Kier molecular flexibility index (Phi) is 3.93. The number of nitro benzene ring substituents is 1. The molecule has 23 heavy (non-hydrogen) atoms. The summed E-state index contributed by atoms with van der Waals surface area (Å²) in [6.45, 7) is 4.01. The molecule has 0 N–H and O–H groups in total. The molecule has 116 valence electrons. The standard InChI is InChI=1S/C18H17N3O2/c1-3-16-13(2)18(15-11-7-8-12-17(15)21(22)23)20(19-16)14-9-5-4-6-10-14/h4-12H,3H2,1-2H3. The highest BCUT2D eigenvalue weighted by atomic mass is 16.6. The second-order valence-electron chi connectivity index (χ2n) is 5.30. The van der Waals surface area contributed by atoms with E-state index in [1.165, 1.54) is 6.07 Å². The van der Waals surface area contributed by atoms with Gasteiger partial charge >= 0.3 is 0 Å². The van der Waals surface area contributed by atoms with Crippen molar-refractivity contribution in [1.29, 1.82) is 0 Å². The molecule has 0 unspecified atom stereocenters. The quantitative estimate of drug-likeness (QED) is 0.533. The van der Waals surface area contributed by atoms with Gasteiger partial charge in [0.05, 0.1) is 27.6 Å². The second kappa shape index (κ2) is 6.04. The topological polar surface area (TPSA) is 61.0 Å². The van der Waals surface area contributed by atoms with Crippen molar-refractivity contribution in [3.8, 4) is 16.9 Å². The van der Waals surface area contributed by atoms with Crippen molar-refractivity contribution in [2.75, 3.05) is 0 Å². The van der Waals surface area contributed by atoms with Crippen LogP contribution in [0.2, 0.25) is 0 Å². The first kappa shape index (κ1) is 15.0. The van der Waals surface area contributed by atoms with Crippen molar-refractivity contribution in [3.63, 3.8) is 0 Å². The molecule has 0 aliphatic carbocycles. The Hall–Kier alpha value is -2.95. The third-order valence-electron chi connectivity index (χ3n) is 3.91. The normalized spacial score (nSPS) is 10.7. The van der Waals surface area contributed by atoms with E-state index in [0.717, 1.165) is 29.1 Å². The summed E-state index contributed by atoms with van der Waals surface area (Å²) in [6.07, 6.45) is 0.777. The second-order valence-corrected chi connectivity index (χ2v) is 5.30. The van der Waals surface area contributed by atoms with Crippen molar-refractivity contribution < 1.29 is 4.92 Å². The fourth-order valence-corrected chi connectivity index (χ4v) is 2.78. The smallest absolute Gasteiger partial charge is 0.258 e. The Morgan fingerprint density at radius 2 is 1.74 bits per heavy atom. The van der Waals surface area contributed by atoms with E-state index in [1.807, 2.05) is 50.2 Å². The zero-order chi connectivity index (χ0) is 16.4. The Bertz CT molecular complexity index is 854. The molecule has 0 bridgehead atoms. The number of aryl methyl sites for hydroxylation is 1. The predicted octanol–water partition coefficient (Wildman–Crippen LogP) is 4.32. The fraction of sp³-hybridized carbons (Fsp3) is 0.167. The van der Waals surface area contributed by atoms with E-state index >= 15 is 0 Å². The molecule has 0 saturated heterocycles. The average molecular weight is 307 g/mol. The van der Waals surface area contributed by atoms with Crippen LogP contribution in [-0.2, 0) is 6.42 Å². The van der Waals surface area contributed by atoms with E-state index in [4.69, 9.17) is 0 Å². The SMILES string of the molecule is CCc1nn(-c2ccccc2)c(-c2ccccc2[N+](=O)[O-])c1C. The number of nitrogens with zero attached hydrogens (tertiary/aromatic N) is 3. The van der Waals surface area contributed by atoms with Crippen LogP contribution in [0.1, 0.15) is 18.2 Å². The molecule has 0 aliphatic rings. The number of hydrogen-bond acceptors (Lipinski definition) is 3. The van der Waals surface area contributed by atoms with Gasteiger partial charge in [0.2, 0.25) is 0 Å². The number of nitro groups is 1. The van der Waals surface area contributed by atoms with E-state index in [0.29, 0.717) is 5.56 Å². The van der Waals surface area contributed by atoms with Crippen LogP contribution >= 0.6 is 0 Å². The minimum absolute atomic E-state index is 0.0929. The lowest BCUT2D eigenvalue weighted by molar-refractivity contribution is -0.384. The van der Waals surface area contributed by atoms with E-state index < -0.39 is 0 Å². The molecule has 0 aliphatic heterocycles. The molecule has 5 heteroatoms. The summed E-state index contributed by atoms with van der Waals surface area (Å²) < 4.78 is 1.80. The zero-order valence-electron chi connectivity index (χ0n) is 13.1. The van der Waals surface area contributed by atoms with Crippen molar-refractivity contribution in [3.05, 3.63) is 76.0 Å². The molecule has 0 radical (unpaired) electrons. The van der Waals surface area contributed by atoms with Crippen LogP contribution in [-0.4, -0.2) is 14.7 Å². The largest absolute Gasteiger partial charge is 0.278 e. The maximum atomic E-state index is 11.4. The van der Waals surface area contributed by atoms with Crippen LogP contribution in [0.4, 0.5) is 5.69 Å². The molecule has 0 atom stereocenters. The fourth-order valence-electron chi connectivity index (χ4n) is 2.78. The van der Waals surface area contributed by atoms with Gasteiger partial charge in [-0.05, 0) is 37.1 Å². The van der Waals surface area contributed by atoms with E-state index in [1.54, 1.807) is 16.8 Å². The number of hydrogen-bond donors (Lipinski definition) is 0. The molecule has 3 aromatic rings. The summed E-state index contributed by atoms with van der Waals surface area (Å²) in [5.41, 5.74) is 4.28. The maximum Gasteiger partial charge on any atom is 0.278 e. The zero-order valence-corrected chi connectivity index (χ0v) is 13.1. The highest BCUT2D eigenvalue weighted by molar-refractivity contribution is 5.75. The molecule has 5 nitrogen and oxygen atoms in total. The molecule has 0 fully saturated rings. The van der Waals surface area contributed by atoms with Crippen LogP contribution in [0, 0.1) is 17.0 Å². The minimum atomic E-state index is -0.345. The number of benzene rings is 2. The van der Waals surface area contributed by atoms with Crippen LogP contribution in [0.25, 0.3) is 16.9 Å². The average Bonchev–Trinajstić information content (AvgIpc) is 2.92. The van der Waals surface area contributed by atoms with Crippen LogP contribution in [0.5, 0.6) is 0 Å². The van der Waals surface area contributed by atoms with Gasteiger partial charge in [-0.15, -0.1) is 0 Å². The number of rotatable bonds is 4. The van der Waals surface area contributed by atoms with Gasteiger partial charge in [-0.25, -0.2) is 4.68 Å². The molecule has 1 heterocycles. The lowest BCUT2D eigenvalue weighted by atomic mass is 10.0. The summed E-state index contributed by atoms with van der Waals surface area (Å²) in [4.78, 5) is 11.1. The van der Waals surface area contributed by atoms with Gasteiger partial charge in [-0.2, -0.15) is 5.10 Å². The van der Waals surface area contributed by atoms with Crippen LogP contribution in [0.3, 0.4) is 0 Å². The van der Waals surface area contributed by atoms with Gasteiger partial charge in [0, 0.05) is 6.07 Å². The number of para-hydroxylation sites is 2.